The van der Waals surface area contributed by atoms with Gasteiger partial charge in [0.2, 0.25) is 0 Å². The molecule has 0 spiro atoms. The Bertz CT molecular complexity index is 1070. The number of hydrogen-bond donors (Lipinski definition) is 0. The molecule has 214 valence electrons. The standard InChI is InChI=1S/C24H24NO.2C4H8O.2ClH.Gd/c1-17-8-5-9-18(2)23(17)25-15-21-12-7-13-22(14-21)16-26-24-19(3)10-6-11-20(24)4;2*1-2-4-5-3-1;;;/h5-13,15H,16H2,1-4H3;2*1-4H2;2*1H;/q-1;;;;;+2/p-2. The van der Waals surface area contributed by atoms with E-state index in [0.717, 1.165) is 60.1 Å². The topological polar surface area (TPSA) is 40.0 Å². The summed E-state index contributed by atoms with van der Waals surface area (Å²) in [5.41, 5.74) is 7.65. The van der Waals surface area contributed by atoms with Crippen LogP contribution < -0.4 is 4.74 Å². The molecule has 2 saturated heterocycles. The number of halogens is 2. The minimum atomic E-state index is -0.639. The molecule has 4 nitrogen and oxygen atoms in total. The first-order chi connectivity index (χ1) is 19.0. The van der Waals surface area contributed by atoms with Gasteiger partial charge in [-0.2, -0.15) is 0 Å². The summed E-state index contributed by atoms with van der Waals surface area (Å²) in [6.07, 6.45) is 6.98. The van der Waals surface area contributed by atoms with E-state index in [4.69, 9.17) is 26.2 Å². The van der Waals surface area contributed by atoms with E-state index >= 15 is 0 Å². The summed E-state index contributed by atoms with van der Waals surface area (Å²) in [5.74, 6) is 10.8. The molecule has 3 aromatic carbocycles. The monoisotopic (exact) mass is 714 g/mol. The fourth-order valence-corrected chi connectivity index (χ4v) is 4.04. The molecule has 0 amide bonds. The molecular weight excluding hydrogens is 675 g/mol. The summed E-state index contributed by atoms with van der Waals surface area (Å²) in [7, 11) is 0. The van der Waals surface area contributed by atoms with E-state index in [-0.39, 0.29) is 0 Å². The van der Waals surface area contributed by atoms with Gasteiger partial charge in [0, 0.05) is 26.4 Å². The molecule has 0 aromatic heterocycles. The molecule has 7 heteroatoms. The summed E-state index contributed by atoms with van der Waals surface area (Å²) in [6.45, 7) is 12.8. The molecule has 0 aliphatic carbocycles. The van der Waals surface area contributed by atoms with E-state index in [2.05, 4.69) is 69.1 Å². The predicted octanol–water partition coefficient (Wildman–Crippen LogP) is 9.02. The average Bonchev–Trinajstić information content (AvgIpc) is 3.69. The van der Waals surface area contributed by atoms with Crippen LogP contribution in [0.2, 0.25) is 0 Å². The van der Waals surface area contributed by atoms with Gasteiger partial charge in [-0.15, -0.1) is 29.8 Å². The Morgan fingerprint density at radius 2 is 1.23 bits per heavy atom. The van der Waals surface area contributed by atoms with Crippen molar-refractivity contribution in [3.05, 3.63) is 94.0 Å². The van der Waals surface area contributed by atoms with Crippen LogP contribution in [-0.4, -0.2) is 32.6 Å². The molecule has 2 aliphatic rings. The zero-order chi connectivity index (χ0) is 28.3. The molecule has 0 unspecified atom stereocenters. The Hall–Kier alpha value is -1.05. The quantitative estimate of drug-likeness (QED) is 0.196. The second-order valence-corrected chi connectivity index (χ2v) is 12.6. The summed E-state index contributed by atoms with van der Waals surface area (Å²) in [4.78, 5) is 4.67. The number of nitrogens with zero attached hydrogens (tertiary/aromatic N) is 1. The van der Waals surface area contributed by atoms with Crippen molar-refractivity contribution < 1.29 is 47.0 Å². The zero-order valence-corrected chi connectivity index (χ0v) is 27.2. The maximum absolute atomic E-state index is 6.03. The molecule has 5 rings (SSSR count). The average molecular weight is 715 g/mol. The van der Waals surface area contributed by atoms with E-state index in [1.165, 1.54) is 36.8 Å². The molecule has 0 saturated carbocycles. The number of para-hydroxylation sites is 2. The summed E-state index contributed by atoms with van der Waals surface area (Å²) in [5, 5.41) is 0. The third kappa shape index (κ3) is 13.9. The number of aliphatic imine (C=N–C) groups is 1. The zero-order valence-electron chi connectivity index (χ0n) is 23.4. The van der Waals surface area contributed by atoms with Gasteiger partial charge in [-0.3, -0.25) is 0 Å². The van der Waals surface area contributed by atoms with E-state index in [9.17, 15) is 0 Å². The Morgan fingerprint density at radius 3 is 1.69 bits per heavy atom. The van der Waals surface area contributed by atoms with Gasteiger partial charge >= 0.3 is 44.7 Å². The van der Waals surface area contributed by atoms with Crippen LogP contribution >= 0.6 is 11.9 Å². The van der Waals surface area contributed by atoms with Gasteiger partial charge in [0.05, 0.1) is 12.3 Å². The molecular formula is C32H40Cl2GdNO3-. The van der Waals surface area contributed by atoms with Gasteiger partial charge in [-0.1, -0.05) is 42.0 Å². The molecule has 2 fully saturated rings. The van der Waals surface area contributed by atoms with Gasteiger partial charge < -0.3 is 19.2 Å². The third-order valence-corrected chi connectivity index (χ3v) is 6.09. The second-order valence-electron chi connectivity index (χ2n) is 9.33. The summed E-state index contributed by atoms with van der Waals surface area (Å²) < 4.78 is 15.9. The maximum atomic E-state index is 6.03. The Morgan fingerprint density at radius 1 is 0.769 bits per heavy atom. The molecule has 2 aliphatic heterocycles. The van der Waals surface area contributed by atoms with Crippen molar-refractivity contribution in [2.45, 2.75) is 60.0 Å². The first-order valence-corrected chi connectivity index (χ1v) is 18.9. The van der Waals surface area contributed by atoms with Crippen LogP contribution in [0.25, 0.3) is 0 Å². The molecule has 0 bridgehead atoms. The Labute approximate surface area is 259 Å². The normalized spacial score (nSPS) is 14.1. The number of hydrogen-bond acceptors (Lipinski definition) is 4. The Kier molecular flexibility index (Phi) is 18.2. The van der Waals surface area contributed by atoms with Crippen LogP contribution in [0.15, 0.2) is 59.6 Å². The van der Waals surface area contributed by atoms with E-state index < -0.39 is 32.8 Å². The van der Waals surface area contributed by atoms with Crippen molar-refractivity contribution in [3.63, 3.8) is 0 Å². The fraction of sp³-hybridized carbons (Fsp3) is 0.406. The minimum absolute atomic E-state index is 0.497. The number of aryl methyl sites for hydroxylation is 4. The SMILES string of the molecule is C1CCOC1.C1CCOC1.Cc1cccc(C)c1N=Cc1[c-]c(COc2c(C)cccc2C)ccc1.[Cl][Gd][Cl]. The Balaban J connectivity index is 0.000000334. The van der Waals surface area contributed by atoms with Gasteiger partial charge in [0.25, 0.3) is 0 Å². The molecule has 0 N–H and O–H groups in total. The fourth-order valence-electron chi connectivity index (χ4n) is 4.04. The molecule has 39 heavy (non-hydrogen) atoms. The van der Waals surface area contributed by atoms with Crippen molar-refractivity contribution in [3.8, 4) is 5.75 Å². The second kappa shape index (κ2) is 20.8. The van der Waals surface area contributed by atoms with Crippen LogP contribution in [0, 0.1) is 66.5 Å². The van der Waals surface area contributed by atoms with Crippen molar-refractivity contribution in [2.75, 3.05) is 26.4 Å². The van der Waals surface area contributed by atoms with E-state index in [1.54, 1.807) is 0 Å². The van der Waals surface area contributed by atoms with Crippen molar-refractivity contribution >= 4 is 23.8 Å². The number of rotatable bonds is 5. The molecule has 0 radical (unpaired) electrons. The predicted molar refractivity (Wildman–Crippen MR) is 161 cm³/mol. The summed E-state index contributed by atoms with van der Waals surface area (Å²) >= 11 is -0.639. The van der Waals surface area contributed by atoms with Crippen molar-refractivity contribution in [1.29, 1.82) is 0 Å². The van der Waals surface area contributed by atoms with Crippen LogP contribution in [-0.2, 0) is 16.1 Å². The third-order valence-electron chi connectivity index (χ3n) is 6.09. The van der Waals surface area contributed by atoms with Gasteiger partial charge in [0.15, 0.2) is 0 Å². The number of benzene rings is 3. The summed E-state index contributed by atoms with van der Waals surface area (Å²) in [6, 6.07) is 21.9. The number of ether oxygens (including phenoxy) is 3. The van der Waals surface area contributed by atoms with Crippen molar-refractivity contribution in [1.82, 2.24) is 0 Å². The first kappa shape index (κ1) is 34.2. The van der Waals surface area contributed by atoms with Crippen LogP contribution in [0.5, 0.6) is 5.75 Å². The van der Waals surface area contributed by atoms with Gasteiger partial charge in [-0.25, -0.2) is 0 Å². The molecule has 3 aromatic rings. The first-order valence-electron chi connectivity index (χ1n) is 13.3. The van der Waals surface area contributed by atoms with E-state index in [0.29, 0.717) is 6.61 Å². The van der Waals surface area contributed by atoms with Crippen LogP contribution in [0.4, 0.5) is 5.69 Å². The van der Waals surface area contributed by atoms with Crippen molar-refractivity contribution in [2.24, 2.45) is 4.99 Å². The van der Waals surface area contributed by atoms with Crippen LogP contribution in [0.3, 0.4) is 0 Å². The van der Waals surface area contributed by atoms with E-state index in [1.807, 2.05) is 30.5 Å². The van der Waals surface area contributed by atoms with Gasteiger partial charge in [-0.05, 0) is 81.8 Å². The molecule has 2 heterocycles. The molecule has 0 atom stereocenters. The van der Waals surface area contributed by atoms with Crippen LogP contribution in [0.1, 0.15) is 59.1 Å². The van der Waals surface area contributed by atoms with Gasteiger partial charge in [0.1, 0.15) is 5.75 Å².